The van der Waals surface area contributed by atoms with Crippen LogP contribution in [-0.4, -0.2) is 43.6 Å². The van der Waals surface area contributed by atoms with Gasteiger partial charge in [0.2, 0.25) is 0 Å². The van der Waals surface area contributed by atoms with Gasteiger partial charge in [-0.1, -0.05) is 11.8 Å². The molecule has 1 amide bonds. The maximum Gasteiger partial charge on any atom is 0.269 e. The average Bonchev–Trinajstić information content (AvgIpc) is 2.76. The molecule has 0 aliphatic heterocycles. The summed E-state index contributed by atoms with van der Waals surface area (Å²) < 4.78 is 1.64. The van der Waals surface area contributed by atoms with Crippen molar-refractivity contribution in [3.8, 4) is 11.4 Å². The van der Waals surface area contributed by atoms with Crippen molar-refractivity contribution in [2.45, 2.75) is 31.0 Å². The van der Waals surface area contributed by atoms with Gasteiger partial charge in [0, 0.05) is 11.8 Å². The molecule has 0 saturated heterocycles. The first-order valence-electron chi connectivity index (χ1n) is 7.06. The number of aryl methyl sites for hydroxylation is 1. The Morgan fingerprint density at radius 3 is 3.00 bits per heavy atom. The summed E-state index contributed by atoms with van der Waals surface area (Å²) in [4.78, 5) is 20.6. The Labute approximate surface area is 132 Å². The van der Waals surface area contributed by atoms with Crippen LogP contribution in [0.25, 0.3) is 11.4 Å². The summed E-state index contributed by atoms with van der Waals surface area (Å²) in [6.45, 7) is 0.232. The Kier molecular flexibility index (Phi) is 4.12. The molecule has 3 rings (SSSR count). The van der Waals surface area contributed by atoms with Crippen molar-refractivity contribution in [3.63, 3.8) is 0 Å². The van der Waals surface area contributed by atoms with Crippen molar-refractivity contribution >= 4 is 17.7 Å². The molecule has 2 aromatic heterocycles. The number of rotatable bonds is 4. The lowest BCUT2D eigenvalue weighted by Gasteiger charge is -2.10. The average molecular weight is 319 g/mol. The minimum Gasteiger partial charge on any atom is -0.394 e. The molecule has 2 heterocycles. The number of thioether (sulfide) groups is 1. The second-order valence-corrected chi connectivity index (χ2v) is 5.84. The van der Waals surface area contributed by atoms with Crippen LogP contribution in [0.3, 0.4) is 0 Å². The lowest BCUT2D eigenvalue weighted by Crippen LogP contribution is -2.15. The Morgan fingerprint density at radius 2 is 2.32 bits per heavy atom. The zero-order chi connectivity index (χ0) is 15.7. The number of aliphatic hydroxyl groups is 1. The van der Waals surface area contributed by atoms with Crippen molar-refractivity contribution in [2.24, 2.45) is 5.73 Å². The molecule has 0 aromatic carbocycles. The summed E-state index contributed by atoms with van der Waals surface area (Å²) in [5, 5.41) is 14.2. The molecule has 7 nitrogen and oxygen atoms in total. The van der Waals surface area contributed by atoms with Gasteiger partial charge in [0.05, 0.1) is 24.5 Å². The maximum absolute atomic E-state index is 11.7. The van der Waals surface area contributed by atoms with Gasteiger partial charge in [-0.05, 0) is 31.1 Å². The van der Waals surface area contributed by atoms with Gasteiger partial charge >= 0.3 is 0 Å². The first-order chi connectivity index (χ1) is 10.7. The minimum atomic E-state index is -0.546. The van der Waals surface area contributed by atoms with Crippen molar-refractivity contribution < 1.29 is 9.90 Å². The second kappa shape index (κ2) is 6.05. The molecular formula is C14H17N5O2S. The van der Waals surface area contributed by atoms with Crippen molar-refractivity contribution in [2.75, 3.05) is 12.9 Å². The summed E-state index contributed by atoms with van der Waals surface area (Å²) >= 11 is 1.46. The molecule has 1 aliphatic rings. The van der Waals surface area contributed by atoms with E-state index in [0.29, 0.717) is 18.1 Å². The third-order valence-corrected chi connectivity index (χ3v) is 4.28. The number of carbonyl (C=O) groups excluding carboxylic acids is 1. The van der Waals surface area contributed by atoms with Crippen LogP contribution in [-0.2, 0) is 19.4 Å². The Bertz CT molecular complexity index is 728. The summed E-state index contributed by atoms with van der Waals surface area (Å²) in [6, 6.07) is 0. The minimum absolute atomic E-state index is 0.0673. The van der Waals surface area contributed by atoms with Gasteiger partial charge in [-0.3, -0.25) is 9.48 Å². The largest absolute Gasteiger partial charge is 0.394 e. The SMILES string of the molecule is CSc1ncc2c(n1)-c1c(c(C(N)=O)nn1CCO)CCC2. The van der Waals surface area contributed by atoms with Crippen LogP contribution < -0.4 is 5.73 Å². The quantitative estimate of drug-likeness (QED) is 0.633. The number of hydrogen-bond donors (Lipinski definition) is 2. The van der Waals surface area contributed by atoms with E-state index >= 15 is 0 Å². The number of aromatic nitrogens is 4. The normalized spacial score (nSPS) is 13.4. The maximum atomic E-state index is 11.7. The molecule has 2 aromatic rings. The van der Waals surface area contributed by atoms with Crippen molar-refractivity contribution in [1.82, 2.24) is 19.7 Å². The van der Waals surface area contributed by atoms with E-state index in [2.05, 4.69) is 15.1 Å². The van der Waals surface area contributed by atoms with E-state index in [1.165, 1.54) is 11.8 Å². The van der Waals surface area contributed by atoms with Gasteiger partial charge in [-0.15, -0.1) is 0 Å². The molecule has 0 spiro atoms. The zero-order valence-corrected chi connectivity index (χ0v) is 13.1. The Hall–Kier alpha value is -1.93. The number of fused-ring (bicyclic) bond motifs is 3. The van der Waals surface area contributed by atoms with Crippen LogP contribution in [0.4, 0.5) is 0 Å². The van der Waals surface area contributed by atoms with Gasteiger partial charge in [0.25, 0.3) is 5.91 Å². The number of nitrogens with two attached hydrogens (primary N) is 1. The smallest absolute Gasteiger partial charge is 0.269 e. The van der Waals surface area contributed by atoms with Gasteiger partial charge in [-0.25, -0.2) is 9.97 Å². The molecular weight excluding hydrogens is 302 g/mol. The highest BCUT2D eigenvalue weighted by molar-refractivity contribution is 7.98. The highest BCUT2D eigenvalue weighted by Gasteiger charge is 2.27. The van der Waals surface area contributed by atoms with E-state index in [1.807, 2.05) is 12.5 Å². The molecule has 0 atom stereocenters. The van der Waals surface area contributed by atoms with E-state index in [0.717, 1.165) is 35.4 Å². The Morgan fingerprint density at radius 1 is 1.50 bits per heavy atom. The molecule has 0 fully saturated rings. The number of amides is 1. The van der Waals surface area contributed by atoms with Crippen LogP contribution >= 0.6 is 11.8 Å². The number of carbonyl (C=O) groups is 1. The molecule has 22 heavy (non-hydrogen) atoms. The molecule has 3 N–H and O–H groups in total. The summed E-state index contributed by atoms with van der Waals surface area (Å²) in [7, 11) is 0. The first-order valence-corrected chi connectivity index (χ1v) is 8.28. The fraction of sp³-hybridized carbons (Fsp3) is 0.429. The summed E-state index contributed by atoms with van der Waals surface area (Å²) in [5.41, 5.74) is 9.17. The summed E-state index contributed by atoms with van der Waals surface area (Å²) in [5.74, 6) is -0.546. The van der Waals surface area contributed by atoms with Gasteiger partial charge < -0.3 is 10.8 Å². The van der Waals surface area contributed by atoms with E-state index in [-0.39, 0.29) is 12.3 Å². The van der Waals surface area contributed by atoms with E-state index in [1.54, 1.807) is 4.68 Å². The highest BCUT2D eigenvalue weighted by Crippen LogP contribution is 2.33. The van der Waals surface area contributed by atoms with Gasteiger partial charge in [0.1, 0.15) is 0 Å². The molecule has 0 radical (unpaired) electrons. The monoisotopic (exact) mass is 319 g/mol. The van der Waals surface area contributed by atoms with E-state index in [9.17, 15) is 9.90 Å². The molecule has 0 saturated carbocycles. The van der Waals surface area contributed by atoms with Gasteiger partial charge in [0.15, 0.2) is 10.9 Å². The fourth-order valence-electron chi connectivity index (χ4n) is 2.79. The van der Waals surface area contributed by atoms with Crippen LogP contribution in [0, 0.1) is 0 Å². The fourth-order valence-corrected chi connectivity index (χ4v) is 3.13. The zero-order valence-electron chi connectivity index (χ0n) is 12.2. The van der Waals surface area contributed by atoms with Crippen LogP contribution in [0.2, 0.25) is 0 Å². The number of aliphatic hydroxyl groups excluding tert-OH is 1. The molecule has 116 valence electrons. The third-order valence-electron chi connectivity index (χ3n) is 3.72. The highest BCUT2D eigenvalue weighted by atomic mass is 32.2. The van der Waals surface area contributed by atoms with Crippen LogP contribution in [0.1, 0.15) is 28.0 Å². The van der Waals surface area contributed by atoms with E-state index < -0.39 is 5.91 Å². The van der Waals surface area contributed by atoms with Crippen LogP contribution in [0.15, 0.2) is 11.4 Å². The van der Waals surface area contributed by atoms with E-state index in [4.69, 9.17) is 5.73 Å². The Balaban J connectivity index is 2.27. The van der Waals surface area contributed by atoms with Gasteiger partial charge in [-0.2, -0.15) is 5.10 Å². The number of nitrogens with zero attached hydrogens (tertiary/aromatic N) is 4. The predicted octanol–water partition coefficient (Wildman–Crippen LogP) is 0.642. The lowest BCUT2D eigenvalue weighted by atomic mass is 10.1. The molecule has 8 heteroatoms. The molecule has 0 bridgehead atoms. The second-order valence-electron chi connectivity index (χ2n) is 5.07. The molecule has 1 aliphatic carbocycles. The lowest BCUT2D eigenvalue weighted by molar-refractivity contribution is 0.0993. The first kappa shape index (κ1) is 15.0. The number of primary amides is 1. The predicted molar refractivity (Wildman–Crippen MR) is 82.7 cm³/mol. The standard InChI is InChI=1S/C14H17N5O2S/c1-22-14-16-7-8-3-2-4-9-11(13(15)21)18-19(5-6-20)12(9)10(8)17-14/h7,20H,2-6H2,1H3,(H2,15,21). The molecule has 0 unspecified atom stereocenters. The third kappa shape index (κ3) is 2.48. The van der Waals surface area contributed by atoms with Crippen LogP contribution in [0.5, 0.6) is 0 Å². The topological polar surface area (TPSA) is 107 Å². The van der Waals surface area contributed by atoms with Crippen molar-refractivity contribution in [1.29, 1.82) is 0 Å². The van der Waals surface area contributed by atoms with Crippen molar-refractivity contribution in [3.05, 3.63) is 23.0 Å². The number of hydrogen-bond acceptors (Lipinski definition) is 6. The summed E-state index contributed by atoms with van der Waals surface area (Å²) in [6.07, 6.45) is 6.19.